The number of quaternary nitrogens is 1. The van der Waals surface area contributed by atoms with Crippen molar-refractivity contribution in [1.29, 1.82) is 0 Å². The number of anilines is 1. The van der Waals surface area contributed by atoms with Crippen LogP contribution in [0.15, 0.2) is 24.3 Å². The number of hydrogen-bond donors (Lipinski definition) is 2. The molecule has 27 heavy (non-hydrogen) atoms. The Kier molecular flexibility index (Phi) is 6.98. The number of aromatic nitrogens is 2. The van der Waals surface area contributed by atoms with Crippen LogP contribution in [0.2, 0.25) is 0 Å². The first kappa shape index (κ1) is 20.0. The van der Waals surface area contributed by atoms with Crippen molar-refractivity contribution in [3.8, 4) is 0 Å². The van der Waals surface area contributed by atoms with Crippen molar-refractivity contribution >= 4 is 34.2 Å². The topological polar surface area (TPSA) is 62.6 Å². The van der Waals surface area contributed by atoms with Crippen LogP contribution in [0.4, 0.5) is 9.52 Å². The Morgan fingerprint density at radius 1 is 1.37 bits per heavy atom. The van der Waals surface area contributed by atoms with Gasteiger partial charge in [0, 0.05) is 18.0 Å². The number of nitrogens with zero attached hydrogens (tertiary/aromatic N) is 3. The number of amides is 1. The smallest absolute Gasteiger partial charge is 0.237 e. The minimum absolute atomic E-state index is 0.114. The Morgan fingerprint density at radius 2 is 2.07 bits per heavy atom. The van der Waals surface area contributed by atoms with Gasteiger partial charge in [-0.1, -0.05) is 12.1 Å². The average Bonchev–Trinajstić information content (AvgIpc) is 3.12. The molecule has 0 bridgehead atoms. The summed E-state index contributed by atoms with van der Waals surface area (Å²) >= 11 is 7.16. The van der Waals surface area contributed by atoms with E-state index in [1.165, 1.54) is 28.6 Å². The van der Waals surface area contributed by atoms with Crippen LogP contribution in [0.1, 0.15) is 18.3 Å². The second kappa shape index (κ2) is 9.43. The van der Waals surface area contributed by atoms with Crippen molar-refractivity contribution in [2.45, 2.75) is 18.7 Å². The molecule has 1 atom stereocenters. The summed E-state index contributed by atoms with van der Waals surface area (Å²) < 4.78 is 17.4. The number of benzene rings is 1. The molecule has 9 heteroatoms. The van der Waals surface area contributed by atoms with Crippen molar-refractivity contribution in [2.24, 2.45) is 0 Å². The van der Waals surface area contributed by atoms with Gasteiger partial charge in [-0.2, -0.15) is 4.37 Å². The quantitative estimate of drug-likeness (QED) is 0.658. The molecule has 0 saturated carbocycles. The highest BCUT2D eigenvalue weighted by Crippen LogP contribution is 2.19. The van der Waals surface area contributed by atoms with Crippen LogP contribution in [-0.2, 0) is 11.2 Å². The van der Waals surface area contributed by atoms with Gasteiger partial charge in [-0.15, -0.1) is 11.6 Å². The van der Waals surface area contributed by atoms with Crippen LogP contribution in [0, 0.1) is 5.82 Å². The first-order valence-corrected chi connectivity index (χ1v) is 10.3. The molecule has 3 rings (SSSR count). The monoisotopic (exact) mass is 412 g/mol. The maximum atomic E-state index is 13.0. The van der Waals surface area contributed by atoms with Crippen LogP contribution < -0.4 is 15.1 Å². The third kappa shape index (κ3) is 5.85. The van der Waals surface area contributed by atoms with E-state index in [-0.39, 0.29) is 11.7 Å². The van der Waals surface area contributed by atoms with Crippen LogP contribution in [-0.4, -0.2) is 59.9 Å². The summed E-state index contributed by atoms with van der Waals surface area (Å²) in [5.74, 6) is 0.425. The van der Waals surface area contributed by atoms with Gasteiger partial charge in [0.1, 0.15) is 17.0 Å². The van der Waals surface area contributed by atoms with Crippen molar-refractivity contribution in [1.82, 2.24) is 14.7 Å². The molecule has 2 aromatic rings. The first-order chi connectivity index (χ1) is 13.0. The fourth-order valence-corrected chi connectivity index (χ4v) is 3.81. The summed E-state index contributed by atoms with van der Waals surface area (Å²) in [6, 6.07) is 6.45. The molecule has 1 amide bonds. The first-order valence-electron chi connectivity index (χ1n) is 9.08. The normalized spacial score (nSPS) is 16.3. The highest BCUT2D eigenvalue weighted by atomic mass is 35.5. The van der Waals surface area contributed by atoms with Gasteiger partial charge in [0.2, 0.25) is 11.0 Å². The Bertz CT molecular complexity index is 746. The molecule has 0 spiro atoms. The molecule has 146 valence electrons. The fourth-order valence-electron chi connectivity index (χ4n) is 3.00. The Morgan fingerprint density at radius 3 is 2.74 bits per heavy atom. The zero-order valence-electron chi connectivity index (χ0n) is 15.3. The van der Waals surface area contributed by atoms with E-state index < -0.39 is 5.38 Å². The van der Waals surface area contributed by atoms with Gasteiger partial charge in [0.25, 0.3) is 0 Å². The van der Waals surface area contributed by atoms with Gasteiger partial charge in [-0.25, -0.2) is 9.37 Å². The van der Waals surface area contributed by atoms with Gasteiger partial charge in [0.15, 0.2) is 0 Å². The molecule has 2 N–H and O–H groups in total. The lowest BCUT2D eigenvalue weighted by Gasteiger charge is -2.31. The zero-order valence-corrected chi connectivity index (χ0v) is 16.8. The summed E-state index contributed by atoms with van der Waals surface area (Å²) in [5.41, 5.74) is 1.00. The van der Waals surface area contributed by atoms with Crippen molar-refractivity contribution in [3.63, 3.8) is 0 Å². The lowest BCUT2D eigenvalue weighted by atomic mass is 10.1. The second-order valence-corrected chi connectivity index (χ2v) is 8.08. The van der Waals surface area contributed by atoms with E-state index in [4.69, 9.17) is 11.6 Å². The number of nitrogens with one attached hydrogen (secondary N) is 2. The van der Waals surface area contributed by atoms with Crippen LogP contribution >= 0.6 is 23.1 Å². The van der Waals surface area contributed by atoms with E-state index in [9.17, 15) is 9.18 Å². The van der Waals surface area contributed by atoms with E-state index in [2.05, 4.69) is 19.6 Å². The molecule has 1 aromatic carbocycles. The van der Waals surface area contributed by atoms with Crippen LogP contribution in [0.25, 0.3) is 0 Å². The molecule has 0 aliphatic carbocycles. The summed E-state index contributed by atoms with van der Waals surface area (Å²) in [5, 5.41) is 3.31. The molecule has 1 fully saturated rings. The van der Waals surface area contributed by atoms with Gasteiger partial charge in [0.05, 0.1) is 39.3 Å². The summed E-state index contributed by atoms with van der Waals surface area (Å²) in [4.78, 5) is 19.8. The lowest BCUT2D eigenvalue weighted by Crippen LogP contribution is -3.15. The van der Waals surface area contributed by atoms with Crippen molar-refractivity contribution in [3.05, 3.63) is 41.5 Å². The molecular weight excluding hydrogens is 389 g/mol. The molecule has 0 radical (unpaired) electrons. The molecular formula is C18H24ClFN5OS+. The minimum Gasteiger partial charge on any atom is -0.349 e. The third-order valence-corrected chi connectivity index (χ3v) is 5.63. The Hall–Kier alpha value is -1.77. The molecule has 1 aromatic heterocycles. The number of halogens is 2. The van der Waals surface area contributed by atoms with Gasteiger partial charge in [-0.05, 0) is 24.6 Å². The average molecular weight is 413 g/mol. The van der Waals surface area contributed by atoms with Crippen LogP contribution in [0.3, 0.4) is 0 Å². The summed E-state index contributed by atoms with van der Waals surface area (Å²) in [6.07, 6.45) is 0.612. The summed E-state index contributed by atoms with van der Waals surface area (Å²) in [6.45, 7) is 7.05. The van der Waals surface area contributed by atoms with Crippen molar-refractivity contribution in [2.75, 3.05) is 44.2 Å². The molecule has 2 heterocycles. The van der Waals surface area contributed by atoms with E-state index in [0.717, 1.165) is 49.2 Å². The number of hydrogen-bond acceptors (Lipinski definition) is 5. The fraction of sp³-hybridized carbons (Fsp3) is 0.500. The Labute approximate surface area is 167 Å². The van der Waals surface area contributed by atoms with Gasteiger partial charge in [-0.3, -0.25) is 4.79 Å². The predicted molar refractivity (Wildman–Crippen MR) is 105 cm³/mol. The highest BCUT2D eigenvalue weighted by molar-refractivity contribution is 7.09. The standard InChI is InChI=1S/C18H23ClFN5OS/c1-13(19)17(26)21-6-7-24-8-10-25(11-9-24)18-22-16(23-27-18)12-14-2-4-15(20)5-3-14/h2-5,13H,6-12H2,1H3,(H,21,26)/p+1/t13-/m0/s1. The van der Waals surface area contributed by atoms with Gasteiger partial charge >= 0.3 is 0 Å². The molecule has 1 saturated heterocycles. The maximum absolute atomic E-state index is 13.0. The third-order valence-electron chi connectivity index (χ3n) is 4.61. The Balaban J connectivity index is 1.44. The SMILES string of the molecule is C[C@H](Cl)C(=O)NCC[NH+]1CCN(c2nc(Cc3ccc(F)cc3)ns2)CC1. The highest BCUT2D eigenvalue weighted by Gasteiger charge is 2.22. The largest absolute Gasteiger partial charge is 0.349 e. The number of carbonyl (C=O) groups excluding carboxylic acids is 1. The molecule has 1 aliphatic heterocycles. The molecule has 6 nitrogen and oxygen atoms in total. The minimum atomic E-state index is -0.488. The molecule has 1 aliphatic rings. The van der Waals surface area contributed by atoms with Crippen LogP contribution in [0.5, 0.6) is 0 Å². The lowest BCUT2D eigenvalue weighted by molar-refractivity contribution is -0.899. The zero-order chi connectivity index (χ0) is 19.2. The van der Waals surface area contributed by atoms with E-state index in [0.29, 0.717) is 13.0 Å². The van der Waals surface area contributed by atoms with E-state index in [1.54, 1.807) is 19.1 Å². The predicted octanol–water partition coefficient (Wildman–Crippen LogP) is 0.716. The van der Waals surface area contributed by atoms with Gasteiger partial charge < -0.3 is 15.1 Å². The maximum Gasteiger partial charge on any atom is 0.237 e. The summed E-state index contributed by atoms with van der Waals surface area (Å²) in [7, 11) is 0. The van der Waals surface area contributed by atoms with Crippen molar-refractivity contribution < 1.29 is 14.1 Å². The number of alkyl halides is 1. The van der Waals surface area contributed by atoms with E-state index >= 15 is 0 Å². The number of piperazine rings is 1. The number of rotatable bonds is 7. The number of carbonyl (C=O) groups is 1. The second-order valence-electron chi connectivity index (χ2n) is 6.69. The molecule has 0 unspecified atom stereocenters. The van der Waals surface area contributed by atoms with E-state index in [1.807, 2.05) is 0 Å².